The maximum atomic E-state index is 6.03. The molecule has 1 aromatic carbocycles. The summed E-state index contributed by atoms with van der Waals surface area (Å²) in [5.74, 6) is 1.21. The topological polar surface area (TPSA) is 90.2 Å². The normalized spacial score (nSPS) is 12.4. The quantitative estimate of drug-likeness (QED) is 0.591. The summed E-state index contributed by atoms with van der Waals surface area (Å²) in [6, 6.07) is 13.2. The summed E-state index contributed by atoms with van der Waals surface area (Å²) in [5, 5.41) is 3.88. The van der Waals surface area contributed by atoms with Gasteiger partial charge in [-0.25, -0.2) is 15.0 Å². The molecule has 6 nitrogen and oxygen atoms in total. The van der Waals surface area contributed by atoms with Gasteiger partial charge in [0.25, 0.3) is 0 Å². The van der Waals surface area contributed by atoms with E-state index in [0.29, 0.717) is 17.3 Å². The predicted octanol–water partition coefficient (Wildman–Crippen LogP) is 2.68. The molecule has 0 fully saturated rings. The van der Waals surface area contributed by atoms with Crippen LogP contribution in [0.5, 0.6) is 0 Å². The van der Waals surface area contributed by atoms with Crippen LogP contribution in [0.4, 0.5) is 0 Å². The summed E-state index contributed by atoms with van der Waals surface area (Å²) >= 11 is 0. The minimum absolute atomic E-state index is 0.233. The Morgan fingerprint density at radius 1 is 1.13 bits per heavy atom. The molecule has 2 aromatic heterocycles. The van der Waals surface area contributed by atoms with Gasteiger partial charge in [-0.2, -0.15) is 0 Å². The van der Waals surface area contributed by atoms with Crippen LogP contribution in [0.15, 0.2) is 64.4 Å². The number of amidine groups is 1. The Morgan fingerprint density at radius 2 is 1.87 bits per heavy atom. The number of aryl methyl sites for hydroxylation is 1. The molecule has 6 heteroatoms. The minimum atomic E-state index is 0.233. The highest BCUT2D eigenvalue weighted by atomic mass is 16.5. The standard InChI is InChI=1S/C17H15N5O/c1-12-10-14(23-22-12)11-15(13-6-3-2-4-7-13)21-16(18)17-19-8-5-9-20-17/h2-11H,1H3,(H2,18,21)/b15-11+. The van der Waals surface area contributed by atoms with Gasteiger partial charge in [0.2, 0.25) is 0 Å². The third-order valence-electron chi connectivity index (χ3n) is 3.03. The van der Waals surface area contributed by atoms with Gasteiger partial charge in [-0.1, -0.05) is 35.5 Å². The van der Waals surface area contributed by atoms with Crippen molar-refractivity contribution in [3.8, 4) is 0 Å². The van der Waals surface area contributed by atoms with Crippen molar-refractivity contribution in [2.75, 3.05) is 0 Å². The molecule has 0 spiro atoms. The summed E-state index contributed by atoms with van der Waals surface area (Å²) in [6.07, 6.45) is 5.03. The second kappa shape index (κ2) is 6.65. The van der Waals surface area contributed by atoms with Crippen LogP contribution in [-0.2, 0) is 0 Å². The molecule has 0 radical (unpaired) electrons. The van der Waals surface area contributed by atoms with Crippen molar-refractivity contribution in [2.45, 2.75) is 6.92 Å². The second-order valence-electron chi connectivity index (χ2n) is 4.84. The fourth-order valence-corrected chi connectivity index (χ4v) is 1.99. The number of aromatic nitrogens is 3. The van der Waals surface area contributed by atoms with Crippen LogP contribution in [0.25, 0.3) is 11.8 Å². The van der Waals surface area contributed by atoms with E-state index in [4.69, 9.17) is 10.3 Å². The lowest BCUT2D eigenvalue weighted by Gasteiger charge is -2.04. The first-order valence-corrected chi connectivity index (χ1v) is 7.04. The zero-order chi connectivity index (χ0) is 16.1. The molecule has 0 bridgehead atoms. The van der Waals surface area contributed by atoms with E-state index in [9.17, 15) is 0 Å². The first kappa shape index (κ1) is 14.6. The van der Waals surface area contributed by atoms with E-state index in [1.165, 1.54) is 0 Å². The number of nitrogens with zero attached hydrogens (tertiary/aromatic N) is 4. The van der Waals surface area contributed by atoms with Crippen molar-refractivity contribution < 1.29 is 4.52 Å². The van der Waals surface area contributed by atoms with Gasteiger partial charge in [-0.3, -0.25) is 0 Å². The van der Waals surface area contributed by atoms with Gasteiger partial charge in [-0.15, -0.1) is 0 Å². The molecule has 0 aliphatic heterocycles. The Labute approximate surface area is 133 Å². The Hall–Kier alpha value is -3.28. The van der Waals surface area contributed by atoms with Crippen LogP contribution in [0, 0.1) is 6.92 Å². The number of rotatable bonds is 4. The van der Waals surface area contributed by atoms with Gasteiger partial charge in [0, 0.05) is 30.1 Å². The predicted molar refractivity (Wildman–Crippen MR) is 88.3 cm³/mol. The Balaban J connectivity index is 2.04. The van der Waals surface area contributed by atoms with E-state index in [1.54, 1.807) is 24.5 Å². The SMILES string of the molecule is Cc1cc(/C=C(/N=C(N)c2ncccn2)c2ccccc2)on1. The molecule has 2 heterocycles. The summed E-state index contributed by atoms with van der Waals surface area (Å²) in [5.41, 5.74) is 8.38. The zero-order valence-electron chi connectivity index (χ0n) is 12.5. The molecule has 0 atom stereocenters. The summed E-state index contributed by atoms with van der Waals surface area (Å²) in [7, 11) is 0. The van der Waals surface area contributed by atoms with Crippen LogP contribution in [0.2, 0.25) is 0 Å². The van der Waals surface area contributed by atoms with Crippen molar-refractivity contribution in [2.24, 2.45) is 10.7 Å². The van der Waals surface area contributed by atoms with Gasteiger partial charge >= 0.3 is 0 Å². The van der Waals surface area contributed by atoms with E-state index in [1.807, 2.05) is 43.3 Å². The van der Waals surface area contributed by atoms with E-state index in [2.05, 4.69) is 20.1 Å². The third kappa shape index (κ3) is 3.68. The molecule has 3 aromatic rings. The maximum Gasteiger partial charge on any atom is 0.195 e. The van der Waals surface area contributed by atoms with E-state index < -0.39 is 0 Å². The first-order valence-electron chi connectivity index (χ1n) is 7.04. The summed E-state index contributed by atoms with van der Waals surface area (Å²) in [6.45, 7) is 1.86. The lowest BCUT2D eigenvalue weighted by Crippen LogP contribution is -2.16. The summed E-state index contributed by atoms with van der Waals surface area (Å²) < 4.78 is 5.24. The molecule has 2 N–H and O–H groups in total. The average molecular weight is 305 g/mol. The average Bonchev–Trinajstić information content (AvgIpc) is 3.01. The van der Waals surface area contributed by atoms with Gasteiger partial charge in [0.1, 0.15) is 0 Å². The van der Waals surface area contributed by atoms with Crippen molar-refractivity contribution >= 4 is 17.6 Å². The monoisotopic (exact) mass is 305 g/mol. The molecule has 0 saturated carbocycles. The van der Waals surface area contributed by atoms with Crippen LogP contribution >= 0.6 is 0 Å². The lowest BCUT2D eigenvalue weighted by molar-refractivity contribution is 0.408. The molecular weight excluding hydrogens is 290 g/mol. The number of nitrogens with two attached hydrogens (primary N) is 1. The Kier molecular flexibility index (Phi) is 4.24. The lowest BCUT2D eigenvalue weighted by atomic mass is 10.1. The molecular formula is C17H15N5O. The Bertz CT molecular complexity index is 838. The van der Waals surface area contributed by atoms with Crippen molar-refractivity contribution in [1.29, 1.82) is 0 Å². The molecule has 0 saturated heterocycles. The van der Waals surface area contributed by atoms with E-state index in [-0.39, 0.29) is 5.84 Å². The highest BCUT2D eigenvalue weighted by Crippen LogP contribution is 2.20. The molecule has 114 valence electrons. The van der Waals surface area contributed by atoms with Crippen LogP contribution in [-0.4, -0.2) is 21.0 Å². The highest BCUT2D eigenvalue weighted by molar-refractivity contribution is 5.99. The van der Waals surface area contributed by atoms with Gasteiger partial charge < -0.3 is 10.3 Å². The van der Waals surface area contributed by atoms with Crippen LogP contribution in [0.1, 0.15) is 22.8 Å². The zero-order valence-corrected chi connectivity index (χ0v) is 12.5. The Morgan fingerprint density at radius 3 is 2.52 bits per heavy atom. The second-order valence-corrected chi connectivity index (χ2v) is 4.84. The number of aliphatic imine (C=N–C) groups is 1. The fraction of sp³-hybridized carbons (Fsp3) is 0.0588. The van der Waals surface area contributed by atoms with Crippen molar-refractivity contribution in [3.63, 3.8) is 0 Å². The first-order chi connectivity index (χ1) is 11.2. The number of hydrogen-bond acceptors (Lipinski definition) is 5. The van der Waals surface area contributed by atoms with Crippen LogP contribution < -0.4 is 5.73 Å². The molecule has 0 amide bonds. The maximum absolute atomic E-state index is 6.03. The molecule has 3 rings (SSSR count). The van der Waals surface area contributed by atoms with Gasteiger partial charge in [0.05, 0.1) is 11.4 Å². The van der Waals surface area contributed by atoms with Crippen LogP contribution in [0.3, 0.4) is 0 Å². The van der Waals surface area contributed by atoms with Gasteiger partial charge in [-0.05, 0) is 13.0 Å². The number of hydrogen-bond donors (Lipinski definition) is 1. The van der Waals surface area contributed by atoms with Crippen molar-refractivity contribution in [1.82, 2.24) is 15.1 Å². The molecule has 0 unspecified atom stereocenters. The minimum Gasteiger partial charge on any atom is -0.381 e. The van der Waals surface area contributed by atoms with Gasteiger partial charge in [0.15, 0.2) is 17.4 Å². The molecule has 0 aliphatic rings. The van der Waals surface area contributed by atoms with E-state index >= 15 is 0 Å². The van der Waals surface area contributed by atoms with E-state index in [0.717, 1.165) is 11.3 Å². The molecule has 23 heavy (non-hydrogen) atoms. The van der Waals surface area contributed by atoms with Crippen molar-refractivity contribution in [3.05, 3.63) is 77.7 Å². The third-order valence-corrected chi connectivity index (χ3v) is 3.03. The largest absolute Gasteiger partial charge is 0.381 e. The highest BCUT2D eigenvalue weighted by Gasteiger charge is 2.07. The molecule has 0 aliphatic carbocycles. The smallest absolute Gasteiger partial charge is 0.195 e. The fourth-order valence-electron chi connectivity index (χ4n) is 1.99. The summed E-state index contributed by atoms with van der Waals surface area (Å²) in [4.78, 5) is 12.7. The number of benzene rings is 1.